The average Bonchev–Trinajstić information content (AvgIpc) is 2.23. The van der Waals surface area contributed by atoms with Gasteiger partial charge in [-0.25, -0.2) is 8.78 Å². The molecule has 0 saturated heterocycles. The molecule has 16 heavy (non-hydrogen) atoms. The van der Waals surface area contributed by atoms with E-state index in [1.807, 2.05) is 6.92 Å². The van der Waals surface area contributed by atoms with E-state index in [0.29, 0.717) is 11.3 Å². The molecule has 0 aliphatic rings. The number of oxime groups is 1. The van der Waals surface area contributed by atoms with E-state index in [0.717, 1.165) is 12.1 Å². The molecule has 1 rings (SSSR count). The zero-order valence-electron chi connectivity index (χ0n) is 8.65. The van der Waals surface area contributed by atoms with Gasteiger partial charge in [0.2, 0.25) is 0 Å². The van der Waals surface area contributed by atoms with Crippen molar-refractivity contribution < 1.29 is 14.0 Å². The molecule has 1 unspecified atom stereocenters. The second-order valence-corrected chi connectivity index (χ2v) is 4.81. The van der Waals surface area contributed by atoms with E-state index in [9.17, 15) is 8.78 Å². The molecule has 0 bridgehead atoms. The molecule has 0 fully saturated rings. The first-order valence-electron chi connectivity index (χ1n) is 4.61. The fourth-order valence-corrected chi connectivity index (χ4v) is 2.20. The molecule has 88 valence electrons. The smallest absolute Gasteiger partial charge is 0.159 e. The highest BCUT2D eigenvalue weighted by molar-refractivity contribution is 8.00. The van der Waals surface area contributed by atoms with E-state index in [-0.39, 0.29) is 11.1 Å². The maximum absolute atomic E-state index is 12.9. The lowest BCUT2D eigenvalue weighted by molar-refractivity contribution is 0.317. The summed E-state index contributed by atoms with van der Waals surface area (Å²) in [4.78, 5) is 0.608. The van der Waals surface area contributed by atoms with Gasteiger partial charge < -0.3 is 10.9 Å². The number of hydrogen-bond acceptors (Lipinski definition) is 3. The second-order valence-electron chi connectivity index (χ2n) is 3.30. The number of hydrogen-bond donors (Lipinski definition) is 2. The Kier molecular flexibility index (Phi) is 4.54. The molecule has 3 nitrogen and oxygen atoms in total. The quantitative estimate of drug-likeness (QED) is 0.282. The molecule has 3 N–H and O–H groups in total. The second kappa shape index (κ2) is 5.69. The van der Waals surface area contributed by atoms with Crippen molar-refractivity contribution in [2.24, 2.45) is 10.9 Å². The van der Waals surface area contributed by atoms with E-state index >= 15 is 0 Å². The molecule has 1 atom stereocenters. The third-order valence-electron chi connectivity index (χ3n) is 1.85. The number of amidine groups is 1. The zero-order chi connectivity index (χ0) is 12.1. The largest absolute Gasteiger partial charge is 0.409 e. The Bertz CT molecular complexity index is 398. The summed E-state index contributed by atoms with van der Waals surface area (Å²) in [7, 11) is 0. The topological polar surface area (TPSA) is 58.6 Å². The zero-order valence-corrected chi connectivity index (χ0v) is 9.47. The summed E-state index contributed by atoms with van der Waals surface area (Å²) in [5.74, 6) is -1.63. The van der Waals surface area contributed by atoms with Gasteiger partial charge in [0.05, 0.1) is 0 Å². The highest BCUT2D eigenvalue weighted by Crippen LogP contribution is 2.26. The van der Waals surface area contributed by atoms with Gasteiger partial charge in [-0.15, -0.1) is 11.8 Å². The van der Waals surface area contributed by atoms with Crippen LogP contribution in [0, 0.1) is 11.6 Å². The molecule has 1 aromatic carbocycles. The third kappa shape index (κ3) is 3.69. The van der Waals surface area contributed by atoms with Crippen LogP contribution in [0.4, 0.5) is 8.78 Å². The first-order chi connectivity index (χ1) is 7.52. The first kappa shape index (κ1) is 12.8. The van der Waals surface area contributed by atoms with Crippen molar-refractivity contribution in [1.82, 2.24) is 0 Å². The molecule has 0 saturated carbocycles. The van der Waals surface area contributed by atoms with Gasteiger partial charge in [-0.1, -0.05) is 12.1 Å². The van der Waals surface area contributed by atoms with Crippen LogP contribution in [-0.2, 0) is 0 Å². The Morgan fingerprint density at radius 2 is 2.19 bits per heavy atom. The van der Waals surface area contributed by atoms with Crippen molar-refractivity contribution >= 4 is 17.6 Å². The SMILES string of the molecule is CC(CC(N)=NO)Sc1ccc(F)c(F)c1. The highest BCUT2D eigenvalue weighted by Gasteiger charge is 2.09. The van der Waals surface area contributed by atoms with Gasteiger partial charge in [0.15, 0.2) is 11.6 Å². The number of nitrogens with zero attached hydrogens (tertiary/aromatic N) is 1. The molecule has 0 spiro atoms. The minimum Gasteiger partial charge on any atom is -0.409 e. The Morgan fingerprint density at radius 3 is 2.75 bits per heavy atom. The highest BCUT2D eigenvalue weighted by atomic mass is 32.2. The summed E-state index contributed by atoms with van der Waals surface area (Å²) in [6, 6.07) is 3.70. The maximum atomic E-state index is 12.9. The maximum Gasteiger partial charge on any atom is 0.159 e. The van der Waals surface area contributed by atoms with E-state index in [4.69, 9.17) is 10.9 Å². The average molecular weight is 246 g/mol. The van der Waals surface area contributed by atoms with Gasteiger partial charge in [0, 0.05) is 16.6 Å². The number of halogens is 2. The molecule has 0 aromatic heterocycles. The van der Waals surface area contributed by atoms with Crippen LogP contribution in [0.15, 0.2) is 28.3 Å². The van der Waals surface area contributed by atoms with Crippen molar-refractivity contribution in [3.63, 3.8) is 0 Å². The predicted octanol–water partition coefficient (Wildman–Crippen LogP) is 2.58. The molecule has 0 amide bonds. The van der Waals surface area contributed by atoms with Crippen LogP contribution in [0.25, 0.3) is 0 Å². The summed E-state index contributed by atoms with van der Waals surface area (Å²) in [5.41, 5.74) is 5.33. The van der Waals surface area contributed by atoms with Crippen LogP contribution in [0.5, 0.6) is 0 Å². The van der Waals surface area contributed by atoms with E-state index < -0.39 is 11.6 Å². The van der Waals surface area contributed by atoms with E-state index in [1.54, 1.807) is 0 Å². The Labute approximate surface area is 96.3 Å². The predicted molar refractivity (Wildman–Crippen MR) is 59.7 cm³/mol. The molecule has 0 radical (unpaired) electrons. The fraction of sp³-hybridized carbons (Fsp3) is 0.300. The van der Waals surface area contributed by atoms with Crippen molar-refractivity contribution in [2.45, 2.75) is 23.5 Å². The Hall–Kier alpha value is -1.30. The van der Waals surface area contributed by atoms with Crippen LogP contribution in [0.2, 0.25) is 0 Å². The number of rotatable bonds is 4. The van der Waals surface area contributed by atoms with Gasteiger partial charge in [-0.05, 0) is 18.2 Å². The molecule has 0 aliphatic heterocycles. The lowest BCUT2D eigenvalue weighted by atomic mass is 10.3. The minimum atomic E-state index is -0.874. The van der Waals surface area contributed by atoms with E-state index in [1.165, 1.54) is 17.8 Å². The standard InChI is InChI=1S/C10H12F2N2OS/c1-6(4-10(13)14-15)16-7-2-3-8(11)9(12)5-7/h2-3,5-6,15H,4H2,1H3,(H2,13,14). The van der Waals surface area contributed by atoms with Crippen LogP contribution in [0.1, 0.15) is 13.3 Å². The van der Waals surface area contributed by atoms with Gasteiger partial charge in [0.1, 0.15) is 5.84 Å². The molecule has 1 aromatic rings. The first-order valence-corrected chi connectivity index (χ1v) is 5.49. The van der Waals surface area contributed by atoms with Crippen LogP contribution in [-0.4, -0.2) is 16.3 Å². The van der Waals surface area contributed by atoms with Gasteiger partial charge in [-0.3, -0.25) is 0 Å². The number of thioether (sulfide) groups is 1. The van der Waals surface area contributed by atoms with E-state index in [2.05, 4.69) is 5.16 Å². The van der Waals surface area contributed by atoms with Crippen molar-refractivity contribution in [3.8, 4) is 0 Å². The van der Waals surface area contributed by atoms with Crippen molar-refractivity contribution in [1.29, 1.82) is 0 Å². The van der Waals surface area contributed by atoms with Crippen LogP contribution < -0.4 is 5.73 Å². The summed E-state index contributed by atoms with van der Waals surface area (Å²) >= 11 is 1.33. The normalized spacial score (nSPS) is 13.8. The number of nitrogens with two attached hydrogens (primary N) is 1. The molecule has 6 heteroatoms. The lowest BCUT2D eigenvalue weighted by Gasteiger charge is -2.09. The monoisotopic (exact) mass is 246 g/mol. The molecular formula is C10H12F2N2OS. The van der Waals surface area contributed by atoms with Crippen molar-refractivity contribution in [3.05, 3.63) is 29.8 Å². The Balaban J connectivity index is 2.63. The van der Waals surface area contributed by atoms with Gasteiger partial charge >= 0.3 is 0 Å². The molecular weight excluding hydrogens is 234 g/mol. The summed E-state index contributed by atoms with van der Waals surface area (Å²) in [5, 5.41) is 11.2. The lowest BCUT2D eigenvalue weighted by Crippen LogP contribution is -2.16. The Morgan fingerprint density at radius 1 is 1.50 bits per heavy atom. The summed E-state index contributed by atoms with van der Waals surface area (Å²) < 4.78 is 25.5. The third-order valence-corrected chi connectivity index (χ3v) is 2.95. The van der Waals surface area contributed by atoms with Crippen molar-refractivity contribution in [2.75, 3.05) is 0 Å². The minimum absolute atomic E-state index is 0.0146. The van der Waals surface area contributed by atoms with Crippen LogP contribution in [0.3, 0.4) is 0 Å². The number of benzene rings is 1. The molecule has 0 heterocycles. The molecule has 0 aliphatic carbocycles. The summed E-state index contributed by atoms with van der Waals surface area (Å²) in [6.07, 6.45) is 0.375. The van der Waals surface area contributed by atoms with Gasteiger partial charge in [-0.2, -0.15) is 0 Å². The van der Waals surface area contributed by atoms with Gasteiger partial charge in [0.25, 0.3) is 0 Å². The fourth-order valence-electron chi connectivity index (χ4n) is 1.16. The summed E-state index contributed by atoms with van der Waals surface area (Å²) in [6.45, 7) is 1.85. The van der Waals surface area contributed by atoms with Crippen LogP contribution >= 0.6 is 11.8 Å².